The van der Waals surface area contributed by atoms with Crippen molar-refractivity contribution in [2.45, 2.75) is 24.9 Å². The number of thioether (sulfide) groups is 1. The Labute approximate surface area is 104 Å². The van der Waals surface area contributed by atoms with Gasteiger partial charge in [0, 0.05) is 18.1 Å². The average Bonchev–Trinajstić information content (AvgIpc) is 2.20. The van der Waals surface area contributed by atoms with Crippen molar-refractivity contribution in [1.82, 2.24) is 4.98 Å². The minimum absolute atomic E-state index is 0.100. The molecule has 0 aliphatic rings. The van der Waals surface area contributed by atoms with Crippen LogP contribution in [-0.2, 0) is 10.5 Å². The molecule has 1 aromatic rings. The Morgan fingerprint density at radius 3 is 2.81 bits per heavy atom. The lowest BCUT2D eigenvalue weighted by Crippen LogP contribution is -2.22. The van der Waals surface area contributed by atoms with Crippen molar-refractivity contribution in [2.75, 3.05) is 0 Å². The molecule has 0 radical (unpaired) electrons. The molecule has 0 spiro atoms. The Kier molecular flexibility index (Phi) is 5.09. The largest absolute Gasteiger partial charge is 0.480 e. The zero-order chi connectivity index (χ0) is 12.1. The van der Waals surface area contributed by atoms with Crippen LogP contribution < -0.4 is 0 Å². The molecule has 16 heavy (non-hydrogen) atoms. The first kappa shape index (κ1) is 13.3. The van der Waals surface area contributed by atoms with Crippen molar-refractivity contribution in [3.63, 3.8) is 0 Å². The number of rotatable bonds is 5. The summed E-state index contributed by atoms with van der Waals surface area (Å²) in [5.74, 6) is -0.0791. The summed E-state index contributed by atoms with van der Waals surface area (Å²) < 4.78 is 0. The van der Waals surface area contributed by atoms with E-state index in [0.717, 1.165) is 5.56 Å². The normalized spacial score (nSPS) is 12.8. The Balaban J connectivity index is 2.63. The quantitative estimate of drug-likeness (QED) is 0.883. The average molecular weight is 260 g/mol. The molecule has 0 amide bonds. The molecule has 3 nitrogen and oxygen atoms in total. The molecule has 1 aromatic heterocycles. The van der Waals surface area contributed by atoms with Crippen molar-refractivity contribution in [2.24, 2.45) is 5.92 Å². The summed E-state index contributed by atoms with van der Waals surface area (Å²) in [5.41, 5.74) is 0.925. The van der Waals surface area contributed by atoms with Crippen LogP contribution in [0.5, 0.6) is 0 Å². The summed E-state index contributed by atoms with van der Waals surface area (Å²) in [6, 6.07) is 1.81. The number of carboxylic acid groups (broad SMARTS) is 1. The van der Waals surface area contributed by atoms with Crippen LogP contribution in [-0.4, -0.2) is 21.3 Å². The maximum atomic E-state index is 11.0. The van der Waals surface area contributed by atoms with Crippen molar-refractivity contribution < 1.29 is 9.90 Å². The molecule has 0 saturated carbocycles. The number of hydrogen-bond donors (Lipinski definition) is 1. The highest BCUT2D eigenvalue weighted by atomic mass is 35.5. The lowest BCUT2D eigenvalue weighted by molar-refractivity contribution is -0.137. The zero-order valence-electron chi connectivity index (χ0n) is 9.18. The summed E-state index contributed by atoms with van der Waals surface area (Å²) >= 11 is 7.34. The van der Waals surface area contributed by atoms with E-state index in [2.05, 4.69) is 4.98 Å². The third-order valence-corrected chi connectivity index (χ3v) is 4.05. The van der Waals surface area contributed by atoms with Crippen LogP contribution in [0.4, 0.5) is 0 Å². The topological polar surface area (TPSA) is 50.2 Å². The van der Waals surface area contributed by atoms with Gasteiger partial charge in [0.2, 0.25) is 0 Å². The van der Waals surface area contributed by atoms with Gasteiger partial charge in [-0.2, -0.15) is 0 Å². The summed E-state index contributed by atoms with van der Waals surface area (Å²) in [6.45, 7) is 3.81. The minimum Gasteiger partial charge on any atom is -0.480 e. The van der Waals surface area contributed by atoms with Gasteiger partial charge < -0.3 is 5.11 Å². The first-order valence-corrected chi connectivity index (χ1v) is 6.38. The van der Waals surface area contributed by atoms with Gasteiger partial charge in [-0.3, -0.25) is 9.78 Å². The minimum atomic E-state index is -0.773. The lowest BCUT2D eigenvalue weighted by atomic mass is 10.1. The molecule has 5 heteroatoms. The fourth-order valence-corrected chi connectivity index (χ4v) is 2.65. The monoisotopic (exact) mass is 259 g/mol. The SMILES string of the molecule is CC(C)C(SCc1ccncc1Cl)C(=O)O. The van der Waals surface area contributed by atoms with Crippen LogP contribution >= 0.6 is 23.4 Å². The van der Waals surface area contributed by atoms with Gasteiger partial charge in [0.25, 0.3) is 0 Å². The Bertz CT molecular complexity index is 371. The van der Waals surface area contributed by atoms with Gasteiger partial charge in [-0.05, 0) is 17.5 Å². The summed E-state index contributed by atoms with van der Waals surface area (Å²) in [4.78, 5) is 14.9. The van der Waals surface area contributed by atoms with E-state index in [4.69, 9.17) is 16.7 Å². The van der Waals surface area contributed by atoms with E-state index in [0.29, 0.717) is 10.8 Å². The van der Waals surface area contributed by atoms with Gasteiger partial charge in [0.15, 0.2) is 0 Å². The van der Waals surface area contributed by atoms with Crippen LogP contribution in [0.3, 0.4) is 0 Å². The summed E-state index contributed by atoms with van der Waals surface area (Å²) in [6.07, 6.45) is 3.23. The zero-order valence-corrected chi connectivity index (χ0v) is 10.8. The molecule has 0 bridgehead atoms. The van der Waals surface area contributed by atoms with Gasteiger partial charge in [-0.15, -0.1) is 11.8 Å². The van der Waals surface area contributed by atoms with Crippen LogP contribution in [0, 0.1) is 5.92 Å². The van der Waals surface area contributed by atoms with E-state index >= 15 is 0 Å². The Morgan fingerprint density at radius 2 is 2.31 bits per heavy atom. The molecule has 1 atom stereocenters. The number of nitrogens with zero attached hydrogens (tertiary/aromatic N) is 1. The highest BCUT2D eigenvalue weighted by Gasteiger charge is 2.21. The van der Waals surface area contributed by atoms with Crippen molar-refractivity contribution in [3.8, 4) is 0 Å². The molecule has 0 aliphatic carbocycles. The smallest absolute Gasteiger partial charge is 0.316 e. The van der Waals surface area contributed by atoms with Crippen molar-refractivity contribution in [3.05, 3.63) is 29.0 Å². The van der Waals surface area contributed by atoms with Crippen molar-refractivity contribution >= 4 is 29.3 Å². The van der Waals surface area contributed by atoms with Crippen LogP contribution in [0.1, 0.15) is 19.4 Å². The van der Waals surface area contributed by atoms with Gasteiger partial charge in [0.05, 0.1) is 5.02 Å². The first-order chi connectivity index (χ1) is 7.52. The predicted molar refractivity (Wildman–Crippen MR) is 66.8 cm³/mol. The van der Waals surface area contributed by atoms with E-state index in [1.54, 1.807) is 12.4 Å². The molecule has 0 fully saturated rings. The van der Waals surface area contributed by atoms with Gasteiger partial charge >= 0.3 is 5.97 Å². The second-order valence-electron chi connectivity index (χ2n) is 3.78. The van der Waals surface area contributed by atoms with E-state index in [9.17, 15) is 4.79 Å². The third kappa shape index (κ3) is 3.68. The maximum Gasteiger partial charge on any atom is 0.316 e. The van der Waals surface area contributed by atoms with Gasteiger partial charge in [-0.1, -0.05) is 25.4 Å². The fourth-order valence-electron chi connectivity index (χ4n) is 1.25. The highest BCUT2D eigenvalue weighted by molar-refractivity contribution is 7.99. The molecule has 88 valence electrons. The molecule has 0 saturated heterocycles. The summed E-state index contributed by atoms with van der Waals surface area (Å²) in [5, 5.41) is 9.21. The molecule has 0 aliphatic heterocycles. The van der Waals surface area contributed by atoms with Crippen LogP contribution in [0.2, 0.25) is 5.02 Å². The Hall–Kier alpha value is -0.740. The molecular formula is C11H14ClNO2S. The third-order valence-electron chi connectivity index (χ3n) is 2.12. The Morgan fingerprint density at radius 1 is 1.62 bits per heavy atom. The fraction of sp³-hybridized carbons (Fsp3) is 0.455. The second-order valence-corrected chi connectivity index (χ2v) is 5.32. The number of halogens is 1. The molecule has 1 heterocycles. The van der Waals surface area contributed by atoms with E-state index in [1.807, 2.05) is 19.9 Å². The molecular weight excluding hydrogens is 246 g/mol. The molecule has 0 aromatic carbocycles. The maximum absolute atomic E-state index is 11.0. The van der Waals surface area contributed by atoms with E-state index < -0.39 is 11.2 Å². The predicted octanol–water partition coefficient (Wildman–Crippen LogP) is 3.08. The van der Waals surface area contributed by atoms with E-state index in [-0.39, 0.29) is 5.92 Å². The van der Waals surface area contributed by atoms with Crippen LogP contribution in [0.15, 0.2) is 18.5 Å². The number of carboxylic acids is 1. The standard InChI is InChI=1S/C11H14ClNO2S/c1-7(2)10(11(14)15)16-6-8-3-4-13-5-9(8)12/h3-5,7,10H,6H2,1-2H3,(H,14,15). The van der Waals surface area contributed by atoms with Crippen LogP contribution in [0.25, 0.3) is 0 Å². The first-order valence-electron chi connectivity index (χ1n) is 4.95. The van der Waals surface area contributed by atoms with Gasteiger partial charge in [0.1, 0.15) is 5.25 Å². The molecule has 1 rings (SSSR count). The number of pyridine rings is 1. The summed E-state index contributed by atoms with van der Waals surface area (Å²) in [7, 11) is 0. The number of aromatic nitrogens is 1. The molecule has 1 unspecified atom stereocenters. The van der Waals surface area contributed by atoms with E-state index in [1.165, 1.54) is 11.8 Å². The lowest BCUT2D eigenvalue weighted by Gasteiger charge is -2.15. The molecule has 1 N–H and O–H groups in total. The number of hydrogen-bond acceptors (Lipinski definition) is 3. The second kappa shape index (κ2) is 6.11. The number of carbonyl (C=O) groups is 1. The van der Waals surface area contributed by atoms with Crippen molar-refractivity contribution in [1.29, 1.82) is 0 Å². The number of aliphatic carboxylic acids is 1. The highest BCUT2D eigenvalue weighted by Crippen LogP contribution is 2.26. The van der Waals surface area contributed by atoms with Gasteiger partial charge in [-0.25, -0.2) is 0 Å².